The molecule has 0 atom stereocenters. The van der Waals surface area contributed by atoms with Gasteiger partial charge in [-0.15, -0.1) is 0 Å². The molecule has 1 N–H and O–H groups in total. The molecule has 0 saturated carbocycles. The maximum Gasteiger partial charge on any atom is 0.433 e. The minimum absolute atomic E-state index is 0.00141. The second-order valence-corrected chi connectivity index (χ2v) is 3.54. The van der Waals surface area contributed by atoms with Crippen molar-refractivity contribution in [3.05, 3.63) is 23.3 Å². The number of aryl methyl sites for hydroxylation is 2. The van der Waals surface area contributed by atoms with Gasteiger partial charge in [0.15, 0.2) is 5.69 Å². The molecule has 0 radical (unpaired) electrons. The molecule has 1 aromatic rings. The van der Waals surface area contributed by atoms with E-state index in [2.05, 4.69) is 9.97 Å². The number of aliphatic carboxylic acids is 1. The predicted molar refractivity (Wildman–Crippen MR) is 52.3 cm³/mol. The average molecular weight is 248 g/mol. The Balaban J connectivity index is 2.87. The number of rotatable bonds is 4. The van der Waals surface area contributed by atoms with Gasteiger partial charge in [0.1, 0.15) is 5.82 Å². The summed E-state index contributed by atoms with van der Waals surface area (Å²) in [5, 5.41) is 8.41. The molecule has 1 heterocycles. The molecule has 1 aromatic heterocycles. The molecule has 0 spiro atoms. The predicted octanol–water partition coefficient (Wildman–Crippen LogP) is 2.21. The average Bonchev–Trinajstić information content (AvgIpc) is 2.18. The molecule has 0 saturated heterocycles. The third kappa shape index (κ3) is 4.01. The summed E-state index contributed by atoms with van der Waals surface area (Å²) in [4.78, 5) is 17.3. The van der Waals surface area contributed by atoms with Crippen LogP contribution in [0.15, 0.2) is 6.20 Å². The van der Waals surface area contributed by atoms with Crippen LogP contribution in [0.25, 0.3) is 0 Å². The van der Waals surface area contributed by atoms with E-state index in [0.29, 0.717) is 0 Å². The summed E-state index contributed by atoms with van der Waals surface area (Å²) in [6.45, 7) is 1.37. The molecule has 1 rings (SSSR count). The molecular formula is C10H11F3N2O2. The van der Waals surface area contributed by atoms with Crippen LogP contribution in [0.2, 0.25) is 0 Å². The summed E-state index contributed by atoms with van der Waals surface area (Å²) in [5.74, 6) is -0.995. The first-order chi connectivity index (χ1) is 7.80. The zero-order valence-corrected chi connectivity index (χ0v) is 9.08. The molecule has 0 bridgehead atoms. The number of alkyl halides is 3. The summed E-state index contributed by atoms with van der Waals surface area (Å²) in [7, 11) is 0. The number of carbonyl (C=O) groups is 1. The van der Waals surface area contributed by atoms with Crippen molar-refractivity contribution in [3.8, 4) is 0 Å². The minimum atomic E-state index is -4.54. The Morgan fingerprint density at radius 2 is 2.12 bits per heavy atom. The second kappa shape index (κ2) is 5.11. The summed E-state index contributed by atoms with van der Waals surface area (Å²) in [6.07, 6.45) is -3.48. The van der Waals surface area contributed by atoms with Gasteiger partial charge in [0.2, 0.25) is 0 Å². The molecule has 4 nitrogen and oxygen atoms in total. The van der Waals surface area contributed by atoms with E-state index in [1.54, 1.807) is 0 Å². The van der Waals surface area contributed by atoms with Crippen LogP contribution in [0.4, 0.5) is 13.2 Å². The van der Waals surface area contributed by atoms with Crippen molar-refractivity contribution in [2.24, 2.45) is 0 Å². The molecule has 0 aromatic carbocycles. The third-order valence-electron chi connectivity index (χ3n) is 2.09. The molecule has 0 unspecified atom stereocenters. The lowest BCUT2D eigenvalue weighted by molar-refractivity contribution is -0.142. The van der Waals surface area contributed by atoms with Crippen LogP contribution in [0.5, 0.6) is 0 Å². The number of carboxylic acid groups (broad SMARTS) is 1. The van der Waals surface area contributed by atoms with Gasteiger partial charge >= 0.3 is 12.1 Å². The highest BCUT2D eigenvalue weighted by molar-refractivity contribution is 5.66. The minimum Gasteiger partial charge on any atom is -0.481 e. The Morgan fingerprint density at radius 3 is 2.65 bits per heavy atom. The number of nitrogens with zero attached hydrogens (tertiary/aromatic N) is 2. The molecule has 94 valence electrons. The van der Waals surface area contributed by atoms with Gasteiger partial charge in [0.05, 0.1) is 0 Å². The lowest BCUT2D eigenvalue weighted by Gasteiger charge is -2.11. The third-order valence-corrected chi connectivity index (χ3v) is 2.09. The quantitative estimate of drug-likeness (QED) is 0.887. The van der Waals surface area contributed by atoms with E-state index in [4.69, 9.17) is 5.11 Å². The maximum absolute atomic E-state index is 12.6. The summed E-state index contributed by atoms with van der Waals surface area (Å²) in [6, 6.07) is 0. The van der Waals surface area contributed by atoms with Gasteiger partial charge in [-0.3, -0.25) is 4.79 Å². The Labute approximate surface area is 95.5 Å². The molecule has 0 aliphatic rings. The van der Waals surface area contributed by atoms with E-state index in [1.165, 1.54) is 6.92 Å². The maximum atomic E-state index is 12.6. The van der Waals surface area contributed by atoms with E-state index >= 15 is 0 Å². The SMILES string of the molecule is Cc1ncc(CCCC(=O)O)c(C(F)(F)F)n1. The van der Waals surface area contributed by atoms with Crippen LogP contribution in [-0.2, 0) is 17.4 Å². The lowest BCUT2D eigenvalue weighted by atomic mass is 10.1. The zero-order chi connectivity index (χ0) is 13.1. The van der Waals surface area contributed by atoms with Crippen molar-refractivity contribution in [3.63, 3.8) is 0 Å². The molecule has 0 aliphatic heterocycles. The van der Waals surface area contributed by atoms with Gasteiger partial charge < -0.3 is 5.11 Å². The molecular weight excluding hydrogens is 237 g/mol. The highest BCUT2D eigenvalue weighted by Crippen LogP contribution is 2.30. The van der Waals surface area contributed by atoms with E-state index in [-0.39, 0.29) is 30.7 Å². The van der Waals surface area contributed by atoms with Crippen molar-refractivity contribution in [1.82, 2.24) is 9.97 Å². The highest BCUT2D eigenvalue weighted by atomic mass is 19.4. The standard InChI is InChI=1S/C10H11F3N2O2/c1-6-14-5-7(3-2-4-8(16)17)9(15-6)10(11,12)13/h5H,2-4H2,1H3,(H,16,17). The molecule has 0 aliphatic carbocycles. The van der Waals surface area contributed by atoms with Crippen LogP contribution < -0.4 is 0 Å². The Bertz CT molecular complexity index is 419. The van der Waals surface area contributed by atoms with Gasteiger partial charge in [-0.1, -0.05) is 0 Å². The molecule has 17 heavy (non-hydrogen) atoms. The van der Waals surface area contributed by atoms with E-state index in [1.807, 2.05) is 0 Å². The van der Waals surface area contributed by atoms with Crippen molar-refractivity contribution < 1.29 is 23.1 Å². The van der Waals surface area contributed by atoms with Crippen molar-refractivity contribution in [2.75, 3.05) is 0 Å². The van der Waals surface area contributed by atoms with Gasteiger partial charge in [-0.05, 0) is 19.8 Å². The normalized spacial score (nSPS) is 11.5. The molecule has 0 fully saturated rings. The Morgan fingerprint density at radius 1 is 1.47 bits per heavy atom. The monoisotopic (exact) mass is 248 g/mol. The van der Waals surface area contributed by atoms with Crippen LogP contribution in [0.3, 0.4) is 0 Å². The first kappa shape index (κ1) is 13.4. The van der Waals surface area contributed by atoms with Crippen LogP contribution in [0.1, 0.15) is 29.9 Å². The van der Waals surface area contributed by atoms with Crippen molar-refractivity contribution in [2.45, 2.75) is 32.4 Å². The number of hydrogen-bond donors (Lipinski definition) is 1. The Hall–Kier alpha value is -1.66. The summed E-state index contributed by atoms with van der Waals surface area (Å²) < 4.78 is 37.8. The lowest BCUT2D eigenvalue weighted by Crippen LogP contribution is -2.14. The molecule has 7 heteroatoms. The summed E-state index contributed by atoms with van der Waals surface area (Å²) in [5.41, 5.74) is -1.04. The van der Waals surface area contributed by atoms with Crippen molar-refractivity contribution in [1.29, 1.82) is 0 Å². The van der Waals surface area contributed by atoms with Gasteiger partial charge in [0, 0.05) is 18.2 Å². The van der Waals surface area contributed by atoms with Gasteiger partial charge in [-0.25, -0.2) is 9.97 Å². The fourth-order valence-electron chi connectivity index (χ4n) is 1.35. The first-order valence-corrected chi connectivity index (χ1v) is 4.92. The fourth-order valence-corrected chi connectivity index (χ4v) is 1.35. The summed E-state index contributed by atoms with van der Waals surface area (Å²) >= 11 is 0. The number of carboxylic acids is 1. The van der Waals surface area contributed by atoms with Crippen LogP contribution in [-0.4, -0.2) is 21.0 Å². The first-order valence-electron chi connectivity index (χ1n) is 4.92. The zero-order valence-electron chi connectivity index (χ0n) is 9.08. The number of aromatic nitrogens is 2. The largest absolute Gasteiger partial charge is 0.481 e. The highest BCUT2D eigenvalue weighted by Gasteiger charge is 2.35. The van der Waals surface area contributed by atoms with Gasteiger partial charge in [-0.2, -0.15) is 13.2 Å². The van der Waals surface area contributed by atoms with Crippen LogP contribution in [0, 0.1) is 6.92 Å². The van der Waals surface area contributed by atoms with Crippen LogP contribution >= 0.6 is 0 Å². The second-order valence-electron chi connectivity index (χ2n) is 3.54. The topological polar surface area (TPSA) is 63.1 Å². The Kier molecular flexibility index (Phi) is 4.03. The number of halogens is 3. The molecule has 0 amide bonds. The van der Waals surface area contributed by atoms with Crippen molar-refractivity contribution >= 4 is 5.97 Å². The van der Waals surface area contributed by atoms with E-state index < -0.39 is 17.8 Å². The number of hydrogen-bond acceptors (Lipinski definition) is 3. The smallest absolute Gasteiger partial charge is 0.433 e. The van der Waals surface area contributed by atoms with E-state index in [9.17, 15) is 18.0 Å². The fraction of sp³-hybridized carbons (Fsp3) is 0.500. The van der Waals surface area contributed by atoms with Gasteiger partial charge in [0.25, 0.3) is 0 Å². The van der Waals surface area contributed by atoms with E-state index in [0.717, 1.165) is 6.20 Å².